The van der Waals surface area contributed by atoms with Crippen LogP contribution in [0.25, 0.3) is 0 Å². The highest BCUT2D eigenvalue weighted by Gasteiger charge is 2.18. The first kappa shape index (κ1) is 9.21. The van der Waals surface area contributed by atoms with Crippen LogP contribution >= 0.6 is 0 Å². The van der Waals surface area contributed by atoms with Crippen LogP contribution in [0.1, 0.15) is 24.9 Å². The van der Waals surface area contributed by atoms with Gasteiger partial charge in [-0.3, -0.25) is 4.79 Å². The minimum atomic E-state index is -0.0243. The molecule has 1 aliphatic heterocycles. The second-order valence-electron chi connectivity index (χ2n) is 3.60. The lowest BCUT2D eigenvalue weighted by Gasteiger charge is -2.28. The van der Waals surface area contributed by atoms with Gasteiger partial charge in [0.05, 0.1) is 0 Å². The Labute approximate surface area is 83.5 Å². The molecule has 0 spiro atoms. The SMILES string of the molecule is CC(=O)Nc1cccc([C@H]2CCN2)c1. The van der Waals surface area contributed by atoms with Gasteiger partial charge >= 0.3 is 0 Å². The maximum Gasteiger partial charge on any atom is 0.221 e. The van der Waals surface area contributed by atoms with Crippen molar-refractivity contribution in [1.82, 2.24) is 5.32 Å². The summed E-state index contributed by atoms with van der Waals surface area (Å²) >= 11 is 0. The Balaban J connectivity index is 2.13. The maximum absolute atomic E-state index is 10.9. The highest BCUT2D eigenvalue weighted by atomic mass is 16.1. The van der Waals surface area contributed by atoms with Crippen LogP contribution in [0.15, 0.2) is 24.3 Å². The van der Waals surface area contributed by atoms with E-state index in [1.807, 2.05) is 18.2 Å². The van der Waals surface area contributed by atoms with E-state index in [1.54, 1.807) is 0 Å². The zero-order valence-corrected chi connectivity index (χ0v) is 8.21. The van der Waals surface area contributed by atoms with E-state index in [0.29, 0.717) is 6.04 Å². The van der Waals surface area contributed by atoms with Crippen LogP contribution < -0.4 is 10.6 Å². The Morgan fingerprint density at radius 1 is 1.57 bits per heavy atom. The normalized spacial score (nSPS) is 19.9. The minimum absolute atomic E-state index is 0.0243. The van der Waals surface area contributed by atoms with Gasteiger partial charge in [0, 0.05) is 18.7 Å². The molecule has 3 nitrogen and oxygen atoms in total. The van der Waals surface area contributed by atoms with Crippen molar-refractivity contribution < 1.29 is 4.79 Å². The molecule has 0 radical (unpaired) electrons. The standard InChI is InChI=1S/C11H14N2O/c1-8(14)13-10-4-2-3-9(7-10)11-5-6-12-11/h2-4,7,11-12H,5-6H2,1H3,(H,13,14)/t11-/m1/s1. The van der Waals surface area contributed by atoms with E-state index in [4.69, 9.17) is 0 Å². The summed E-state index contributed by atoms with van der Waals surface area (Å²) in [5.41, 5.74) is 2.13. The van der Waals surface area contributed by atoms with Gasteiger partial charge in [0.15, 0.2) is 0 Å². The largest absolute Gasteiger partial charge is 0.326 e. The molecule has 1 amide bonds. The van der Waals surface area contributed by atoms with E-state index in [2.05, 4.69) is 16.7 Å². The summed E-state index contributed by atoms with van der Waals surface area (Å²) in [6, 6.07) is 8.47. The second kappa shape index (κ2) is 3.80. The fraction of sp³-hybridized carbons (Fsp3) is 0.364. The summed E-state index contributed by atoms with van der Waals surface area (Å²) in [5, 5.41) is 6.11. The summed E-state index contributed by atoms with van der Waals surface area (Å²) in [7, 11) is 0. The first-order chi connectivity index (χ1) is 6.75. The van der Waals surface area contributed by atoms with Crippen molar-refractivity contribution in [3.63, 3.8) is 0 Å². The van der Waals surface area contributed by atoms with Gasteiger partial charge < -0.3 is 10.6 Å². The van der Waals surface area contributed by atoms with Gasteiger partial charge in [-0.1, -0.05) is 12.1 Å². The number of benzene rings is 1. The molecule has 2 rings (SSSR count). The van der Waals surface area contributed by atoms with Crippen molar-refractivity contribution in [2.45, 2.75) is 19.4 Å². The Morgan fingerprint density at radius 3 is 2.93 bits per heavy atom. The fourth-order valence-electron chi connectivity index (χ4n) is 1.61. The fourth-order valence-corrected chi connectivity index (χ4v) is 1.61. The lowest BCUT2D eigenvalue weighted by Crippen LogP contribution is -2.34. The van der Waals surface area contributed by atoms with Gasteiger partial charge in [0.1, 0.15) is 0 Å². The number of carbonyl (C=O) groups excluding carboxylic acids is 1. The second-order valence-corrected chi connectivity index (χ2v) is 3.60. The average Bonchev–Trinajstić information content (AvgIpc) is 1.99. The molecule has 2 N–H and O–H groups in total. The maximum atomic E-state index is 10.9. The predicted octanol–water partition coefficient (Wildman–Crippen LogP) is 1.68. The molecule has 1 saturated heterocycles. The summed E-state index contributed by atoms with van der Waals surface area (Å²) in [5.74, 6) is -0.0243. The molecule has 1 atom stereocenters. The lowest BCUT2D eigenvalue weighted by atomic mass is 9.98. The number of hydrogen-bond donors (Lipinski definition) is 2. The first-order valence-corrected chi connectivity index (χ1v) is 4.86. The molecule has 1 heterocycles. The van der Waals surface area contributed by atoms with Gasteiger partial charge in [-0.2, -0.15) is 0 Å². The highest BCUT2D eigenvalue weighted by molar-refractivity contribution is 5.88. The topological polar surface area (TPSA) is 41.1 Å². The number of hydrogen-bond acceptors (Lipinski definition) is 2. The Hall–Kier alpha value is -1.35. The summed E-state index contributed by atoms with van der Waals surface area (Å²) in [4.78, 5) is 10.9. The molecular weight excluding hydrogens is 176 g/mol. The van der Waals surface area contributed by atoms with Gasteiger partial charge in [-0.25, -0.2) is 0 Å². The zero-order valence-electron chi connectivity index (χ0n) is 8.21. The predicted molar refractivity (Wildman–Crippen MR) is 56.1 cm³/mol. The Morgan fingerprint density at radius 2 is 2.36 bits per heavy atom. The summed E-state index contributed by atoms with van der Waals surface area (Å²) < 4.78 is 0. The van der Waals surface area contributed by atoms with Gasteiger partial charge in [-0.15, -0.1) is 0 Å². The minimum Gasteiger partial charge on any atom is -0.326 e. The molecule has 14 heavy (non-hydrogen) atoms. The number of carbonyl (C=O) groups is 1. The Bertz CT molecular complexity index is 345. The summed E-state index contributed by atoms with van der Waals surface area (Å²) in [6.07, 6.45) is 1.18. The molecule has 1 aromatic rings. The Kier molecular flexibility index (Phi) is 2.50. The van der Waals surface area contributed by atoms with E-state index in [1.165, 1.54) is 18.9 Å². The van der Waals surface area contributed by atoms with Crippen LogP contribution in [0, 0.1) is 0 Å². The van der Waals surface area contributed by atoms with Crippen molar-refractivity contribution in [3.05, 3.63) is 29.8 Å². The molecule has 1 aromatic carbocycles. The third-order valence-corrected chi connectivity index (χ3v) is 2.43. The van der Waals surface area contributed by atoms with Crippen molar-refractivity contribution in [1.29, 1.82) is 0 Å². The monoisotopic (exact) mass is 190 g/mol. The van der Waals surface area contributed by atoms with E-state index in [-0.39, 0.29) is 5.91 Å². The van der Waals surface area contributed by atoms with Crippen LogP contribution in [-0.4, -0.2) is 12.5 Å². The molecule has 3 heteroatoms. The quantitative estimate of drug-likeness (QED) is 0.745. The van der Waals surface area contributed by atoms with Crippen LogP contribution in [0.2, 0.25) is 0 Å². The van der Waals surface area contributed by atoms with Crippen LogP contribution in [0.4, 0.5) is 5.69 Å². The highest BCUT2D eigenvalue weighted by Crippen LogP contribution is 2.24. The molecule has 0 bridgehead atoms. The zero-order chi connectivity index (χ0) is 9.97. The van der Waals surface area contributed by atoms with Crippen molar-refractivity contribution in [3.8, 4) is 0 Å². The molecule has 0 aromatic heterocycles. The van der Waals surface area contributed by atoms with Crippen LogP contribution in [-0.2, 0) is 4.79 Å². The molecule has 0 saturated carbocycles. The number of anilines is 1. The number of nitrogens with one attached hydrogen (secondary N) is 2. The van der Waals surface area contributed by atoms with E-state index < -0.39 is 0 Å². The third-order valence-electron chi connectivity index (χ3n) is 2.43. The number of rotatable bonds is 2. The van der Waals surface area contributed by atoms with Crippen LogP contribution in [0.5, 0.6) is 0 Å². The number of amides is 1. The van der Waals surface area contributed by atoms with Crippen LogP contribution in [0.3, 0.4) is 0 Å². The van der Waals surface area contributed by atoms with E-state index >= 15 is 0 Å². The lowest BCUT2D eigenvalue weighted by molar-refractivity contribution is -0.114. The molecule has 0 unspecified atom stereocenters. The van der Waals surface area contributed by atoms with Gasteiger partial charge in [0.25, 0.3) is 0 Å². The average molecular weight is 190 g/mol. The van der Waals surface area contributed by atoms with E-state index in [9.17, 15) is 4.79 Å². The molecule has 1 aliphatic rings. The first-order valence-electron chi connectivity index (χ1n) is 4.86. The van der Waals surface area contributed by atoms with Crippen molar-refractivity contribution in [2.75, 3.05) is 11.9 Å². The summed E-state index contributed by atoms with van der Waals surface area (Å²) in [6.45, 7) is 2.61. The smallest absolute Gasteiger partial charge is 0.221 e. The molecule has 1 fully saturated rings. The van der Waals surface area contributed by atoms with Gasteiger partial charge in [0.2, 0.25) is 5.91 Å². The molecular formula is C11H14N2O. The molecule has 74 valence electrons. The third kappa shape index (κ3) is 1.93. The van der Waals surface area contributed by atoms with Crippen molar-refractivity contribution >= 4 is 11.6 Å². The van der Waals surface area contributed by atoms with E-state index in [0.717, 1.165) is 12.2 Å². The van der Waals surface area contributed by atoms with Crippen molar-refractivity contribution in [2.24, 2.45) is 0 Å². The van der Waals surface area contributed by atoms with Gasteiger partial charge in [-0.05, 0) is 30.7 Å². The molecule has 0 aliphatic carbocycles.